The van der Waals surface area contributed by atoms with Crippen molar-refractivity contribution in [2.45, 2.75) is 6.18 Å². The van der Waals surface area contributed by atoms with E-state index in [1.54, 1.807) is 0 Å². The molecule has 0 atom stereocenters. The number of nitrogens with zero attached hydrogens (tertiary/aromatic N) is 1. The first-order valence-corrected chi connectivity index (χ1v) is 5.12. The minimum absolute atomic E-state index is 0.000162. The minimum atomic E-state index is -4.47. The van der Waals surface area contributed by atoms with Gasteiger partial charge in [-0.15, -0.1) is 0 Å². The number of carbonyl (C=O) groups excluding carboxylic acids is 1. The van der Waals surface area contributed by atoms with Crippen molar-refractivity contribution < 1.29 is 18.0 Å². The quantitative estimate of drug-likeness (QED) is 0.779. The van der Waals surface area contributed by atoms with Crippen LogP contribution in [0, 0.1) is 0 Å². The van der Waals surface area contributed by atoms with E-state index in [9.17, 15) is 18.0 Å². The van der Waals surface area contributed by atoms with E-state index < -0.39 is 17.6 Å². The highest BCUT2D eigenvalue weighted by Crippen LogP contribution is 2.36. The third kappa shape index (κ3) is 2.55. The molecule has 0 unspecified atom stereocenters. The van der Waals surface area contributed by atoms with Crippen LogP contribution in [0.5, 0.6) is 0 Å². The topological polar surface area (TPSA) is 20.3 Å². The van der Waals surface area contributed by atoms with Gasteiger partial charge in [-0.2, -0.15) is 13.2 Å². The Hall–Kier alpha value is -1.04. The standard InChI is InChI=1S/C10H9BrF3NO/c1-15(2)9(16)6-4-3-5-7(8(6)11)10(12,13)14/h3-5H,1-2H3. The molecular weight excluding hydrogens is 287 g/mol. The van der Waals surface area contributed by atoms with Crippen molar-refractivity contribution in [3.8, 4) is 0 Å². The summed E-state index contributed by atoms with van der Waals surface area (Å²) in [6.07, 6.45) is -4.47. The van der Waals surface area contributed by atoms with E-state index >= 15 is 0 Å². The van der Waals surface area contributed by atoms with E-state index in [2.05, 4.69) is 15.9 Å². The minimum Gasteiger partial charge on any atom is -0.345 e. The van der Waals surface area contributed by atoms with E-state index in [0.717, 1.165) is 6.07 Å². The molecule has 0 heterocycles. The van der Waals surface area contributed by atoms with Gasteiger partial charge in [0.15, 0.2) is 0 Å². The lowest BCUT2D eigenvalue weighted by Gasteiger charge is -2.15. The number of halogens is 4. The van der Waals surface area contributed by atoms with Gasteiger partial charge in [0.1, 0.15) is 0 Å². The van der Waals surface area contributed by atoms with Gasteiger partial charge in [0.05, 0.1) is 11.1 Å². The lowest BCUT2D eigenvalue weighted by Crippen LogP contribution is -2.23. The zero-order valence-corrected chi connectivity index (χ0v) is 10.2. The van der Waals surface area contributed by atoms with Gasteiger partial charge in [0.25, 0.3) is 5.91 Å². The molecule has 1 amide bonds. The van der Waals surface area contributed by atoms with Crippen molar-refractivity contribution in [1.29, 1.82) is 0 Å². The van der Waals surface area contributed by atoms with Crippen LogP contribution in [0.25, 0.3) is 0 Å². The summed E-state index contributed by atoms with van der Waals surface area (Å²) in [4.78, 5) is 12.8. The van der Waals surface area contributed by atoms with E-state index in [1.165, 1.54) is 31.1 Å². The van der Waals surface area contributed by atoms with Gasteiger partial charge < -0.3 is 4.90 Å². The van der Waals surface area contributed by atoms with Gasteiger partial charge in [-0.05, 0) is 28.1 Å². The smallest absolute Gasteiger partial charge is 0.345 e. The second-order valence-electron chi connectivity index (χ2n) is 3.36. The van der Waals surface area contributed by atoms with Crippen LogP contribution < -0.4 is 0 Å². The largest absolute Gasteiger partial charge is 0.417 e. The molecule has 0 radical (unpaired) electrons. The monoisotopic (exact) mass is 295 g/mol. The first-order valence-electron chi connectivity index (χ1n) is 4.32. The molecule has 1 aromatic carbocycles. The summed E-state index contributed by atoms with van der Waals surface area (Å²) in [5.74, 6) is -0.474. The molecule has 88 valence electrons. The molecule has 0 saturated carbocycles. The van der Waals surface area contributed by atoms with E-state index in [4.69, 9.17) is 0 Å². The third-order valence-electron chi connectivity index (χ3n) is 1.94. The average molecular weight is 296 g/mol. The predicted octanol–water partition coefficient (Wildman–Crippen LogP) is 3.17. The van der Waals surface area contributed by atoms with Crippen molar-refractivity contribution in [2.24, 2.45) is 0 Å². The highest BCUT2D eigenvalue weighted by atomic mass is 79.9. The number of hydrogen-bond donors (Lipinski definition) is 0. The van der Waals surface area contributed by atoms with Crippen LogP contribution >= 0.6 is 15.9 Å². The van der Waals surface area contributed by atoms with Crippen LogP contribution in [0.2, 0.25) is 0 Å². The fourth-order valence-corrected chi connectivity index (χ4v) is 1.82. The maximum atomic E-state index is 12.5. The van der Waals surface area contributed by atoms with Crippen LogP contribution in [0.15, 0.2) is 22.7 Å². The molecule has 1 rings (SSSR count). The molecule has 0 N–H and O–H groups in total. The maximum absolute atomic E-state index is 12.5. The molecule has 2 nitrogen and oxygen atoms in total. The Kier molecular flexibility index (Phi) is 3.62. The Morgan fingerprint density at radius 3 is 2.31 bits per heavy atom. The van der Waals surface area contributed by atoms with Crippen LogP contribution in [-0.2, 0) is 6.18 Å². The van der Waals surface area contributed by atoms with Gasteiger partial charge in [0, 0.05) is 18.6 Å². The molecule has 6 heteroatoms. The van der Waals surface area contributed by atoms with Gasteiger partial charge in [-0.3, -0.25) is 4.79 Å². The molecule has 0 aliphatic rings. The fraction of sp³-hybridized carbons (Fsp3) is 0.300. The van der Waals surface area contributed by atoms with Crippen molar-refractivity contribution in [2.75, 3.05) is 14.1 Å². The molecule has 1 aromatic rings. The zero-order chi connectivity index (χ0) is 12.5. The summed E-state index contributed by atoms with van der Waals surface area (Å²) in [5, 5.41) is 0. The Morgan fingerprint density at radius 2 is 1.88 bits per heavy atom. The molecule has 0 aromatic heterocycles. The summed E-state index contributed by atoms with van der Waals surface area (Å²) in [6, 6.07) is 3.49. The normalized spacial score (nSPS) is 11.4. The van der Waals surface area contributed by atoms with Gasteiger partial charge in [0.2, 0.25) is 0 Å². The Balaban J connectivity index is 3.30. The van der Waals surface area contributed by atoms with Crippen LogP contribution in [-0.4, -0.2) is 24.9 Å². The van der Waals surface area contributed by atoms with Gasteiger partial charge >= 0.3 is 6.18 Å². The average Bonchev–Trinajstić information content (AvgIpc) is 2.15. The first-order chi connectivity index (χ1) is 7.25. The number of benzene rings is 1. The van der Waals surface area contributed by atoms with E-state index in [1.807, 2.05) is 0 Å². The Morgan fingerprint density at radius 1 is 1.31 bits per heavy atom. The molecular formula is C10H9BrF3NO. The first kappa shape index (κ1) is 13.0. The number of amides is 1. The second kappa shape index (κ2) is 4.45. The highest BCUT2D eigenvalue weighted by molar-refractivity contribution is 9.10. The van der Waals surface area contributed by atoms with Crippen molar-refractivity contribution in [1.82, 2.24) is 4.90 Å². The van der Waals surface area contributed by atoms with Gasteiger partial charge in [-0.1, -0.05) is 6.07 Å². The molecule has 0 spiro atoms. The van der Waals surface area contributed by atoms with E-state index in [-0.39, 0.29) is 10.0 Å². The summed E-state index contributed by atoms with van der Waals surface area (Å²) in [5.41, 5.74) is -0.847. The SMILES string of the molecule is CN(C)C(=O)c1cccc(C(F)(F)F)c1Br. The maximum Gasteiger partial charge on any atom is 0.417 e. The van der Waals surface area contributed by atoms with Crippen LogP contribution in [0.3, 0.4) is 0 Å². The molecule has 0 fully saturated rings. The van der Waals surface area contributed by atoms with Crippen molar-refractivity contribution >= 4 is 21.8 Å². The van der Waals surface area contributed by atoms with Crippen LogP contribution in [0.1, 0.15) is 15.9 Å². The fourth-order valence-electron chi connectivity index (χ4n) is 1.16. The second-order valence-corrected chi connectivity index (χ2v) is 4.16. The lowest BCUT2D eigenvalue weighted by atomic mass is 10.1. The lowest BCUT2D eigenvalue weighted by molar-refractivity contribution is -0.138. The Labute approximate surface area is 99.2 Å². The molecule has 16 heavy (non-hydrogen) atoms. The van der Waals surface area contributed by atoms with E-state index in [0.29, 0.717) is 0 Å². The number of rotatable bonds is 1. The number of carbonyl (C=O) groups is 1. The summed E-state index contributed by atoms with van der Waals surface area (Å²) < 4.78 is 37.4. The number of alkyl halides is 3. The summed E-state index contributed by atoms with van der Waals surface area (Å²) >= 11 is 2.82. The molecule has 0 aliphatic heterocycles. The Bertz CT molecular complexity index is 415. The zero-order valence-electron chi connectivity index (χ0n) is 8.60. The highest BCUT2D eigenvalue weighted by Gasteiger charge is 2.34. The molecule has 0 bridgehead atoms. The molecule has 0 aliphatic carbocycles. The van der Waals surface area contributed by atoms with Crippen LogP contribution in [0.4, 0.5) is 13.2 Å². The van der Waals surface area contributed by atoms with Gasteiger partial charge in [-0.25, -0.2) is 0 Å². The third-order valence-corrected chi connectivity index (χ3v) is 2.80. The van der Waals surface area contributed by atoms with Crippen molar-refractivity contribution in [3.05, 3.63) is 33.8 Å². The summed E-state index contributed by atoms with van der Waals surface area (Å²) in [7, 11) is 2.96. The summed E-state index contributed by atoms with van der Waals surface area (Å²) in [6.45, 7) is 0. The molecule has 0 saturated heterocycles. The number of hydrogen-bond acceptors (Lipinski definition) is 1. The predicted molar refractivity (Wildman–Crippen MR) is 57.2 cm³/mol. The van der Waals surface area contributed by atoms with Crippen molar-refractivity contribution in [3.63, 3.8) is 0 Å².